The number of hydrogen-bond donors (Lipinski definition) is 4. The predicted octanol–water partition coefficient (Wildman–Crippen LogP) is 12.4. The molecule has 82 heavy (non-hydrogen) atoms. The van der Waals surface area contributed by atoms with E-state index in [2.05, 4.69) is 69.5 Å². The third kappa shape index (κ3) is 18.3. The first-order valence-corrected chi connectivity index (χ1v) is 28.7. The van der Waals surface area contributed by atoms with Gasteiger partial charge in [0.05, 0.1) is 55.1 Å². The first-order valence-electron chi connectivity index (χ1n) is 25.8. The molecule has 0 spiro atoms. The van der Waals surface area contributed by atoms with E-state index < -0.39 is 31.6 Å². The summed E-state index contributed by atoms with van der Waals surface area (Å²) in [5.41, 5.74) is 10.9. The Morgan fingerprint density at radius 1 is 0.793 bits per heavy atom. The summed E-state index contributed by atoms with van der Waals surface area (Å²) >= 11 is 0. The van der Waals surface area contributed by atoms with Gasteiger partial charge in [-0.05, 0) is 143 Å². The lowest BCUT2D eigenvalue weighted by Gasteiger charge is -2.37. The average Bonchev–Trinajstić information content (AvgIpc) is 4.38. The standard InChI is InChI=1S/C36H49FN6O5Si.C20H19FN6O2.2CH4.2H2S/c1-35(2,3)48-34(44)40-27(24-46-49(7,8)36(4,5)6)23-42-19-17-30(41-42)25-12-14-28(15-13-25)47-33-29(37)21-26(22-38-33)31-16-18-39-43(31)32-11-9-10-20-45-32;21-17-9-14(18-5-7-24-25-18)10-23-20(17)29-16-3-1-13(2-4-16)19-6-8-27(26-19)11-15(22)12-28;;;;/h12-19,21-22,27,32H,9-11,20,23-24H2,1-8H3,(H,40,44);1-10,15,28H,11-12,22H2,(H,24,25);2*1H4;2*1H2/t27-,32?;15-;;;;/m00..../s1. The average molecular weight is 1190 g/mol. The van der Waals surface area contributed by atoms with Gasteiger partial charge < -0.3 is 39.5 Å². The highest BCUT2D eigenvalue weighted by molar-refractivity contribution is 7.59. The Bertz CT molecular complexity index is 3220. The van der Waals surface area contributed by atoms with Gasteiger partial charge in [-0.3, -0.25) is 14.5 Å². The van der Waals surface area contributed by atoms with Crippen molar-refractivity contribution in [3.8, 4) is 68.3 Å². The molecule has 8 aromatic rings. The van der Waals surface area contributed by atoms with Crippen LogP contribution in [-0.2, 0) is 27.0 Å². The van der Waals surface area contributed by atoms with Gasteiger partial charge in [-0.15, -0.1) is 0 Å². The normalized spacial score (nSPS) is 14.0. The smallest absolute Gasteiger partial charge is 0.408 e. The number of halogens is 2. The summed E-state index contributed by atoms with van der Waals surface area (Å²) in [6.07, 6.45) is 12.3. The van der Waals surface area contributed by atoms with E-state index in [1.807, 2.05) is 69.4 Å². The van der Waals surface area contributed by atoms with Crippen molar-refractivity contribution in [3.05, 3.63) is 134 Å². The third-order valence-corrected chi connectivity index (χ3v) is 17.6. The van der Waals surface area contributed by atoms with Crippen molar-refractivity contribution in [3.63, 3.8) is 0 Å². The van der Waals surface area contributed by atoms with Crippen LogP contribution in [0.4, 0.5) is 13.6 Å². The summed E-state index contributed by atoms with van der Waals surface area (Å²) in [6.45, 7) is 18.1. The molecule has 3 atom stereocenters. The second-order valence-electron chi connectivity index (χ2n) is 21.4. The maximum absolute atomic E-state index is 15.2. The van der Waals surface area contributed by atoms with Crippen LogP contribution in [0.3, 0.4) is 0 Å². The molecular formula is C58H80F2N12O7S2Si. The minimum absolute atomic E-state index is 0. The first kappa shape index (κ1) is 67.6. The molecule has 9 rings (SSSR count). The summed E-state index contributed by atoms with van der Waals surface area (Å²) in [4.78, 5) is 21.0. The lowest BCUT2D eigenvalue weighted by Crippen LogP contribution is -2.48. The van der Waals surface area contributed by atoms with Crippen LogP contribution in [0.15, 0.2) is 122 Å². The van der Waals surface area contributed by atoms with Crippen LogP contribution in [0.2, 0.25) is 18.1 Å². The van der Waals surface area contributed by atoms with Gasteiger partial charge >= 0.3 is 6.09 Å². The van der Waals surface area contributed by atoms with Crippen molar-refractivity contribution in [2.75, 3.05) is 19.8 Å². The van der Waals surface area contributed by atoms with Gasteiger partial charge in [0.25, 0.3) is 11.8 Å². The number of aliphatic hydroxyl groups excluding tert-OH is 1. The zero-order valence-electron chi connectivity index (χ0n) is 46.2. The molecule has 1 aliphatic rings. The zero-order chi connectivity index (χ0) is 55.6. The summed E-state index contributed by atoms with van der Waals surface area (Å²) < 4.78 is 64.0. The molecule has 6 aromatic heterocycles. The second-order valence-corrected chi connectivity index (χ2v) is 26.2. The van der Waals surface area contributed by atoms with Crippen molar-refractivity contribution >= 4 is 41.4 Å². The van der Waals surface area contributed by atoms with Crippen LogP contribution in [0.1, 0.15) is 81.9 Å². The number of nitrogens with one attached hydrogen (secondary N) is 2. The number of hydrogen-bond acceptors (Lipinski definition) is 14. The summed E-state index contributed by atoms with van der Waals surface area (Å²) in [5, 5.41) is 32.2. The van der Waals surface area contributed by atoms with Gasteiger partial charge in [0, 0.05) is 72.1 Å². The first-order chi connectivity index (χ1) is 37.2. The molecule has 1 saturated heterocycles. The molecule has 1 amide bonds. The zero-order valence-corrected chi connectivity index (χ0v) is 49.2. The van der Waals surface area contributed by atoms with Crippen LogP contribution in [0, 0.1) is 11.6 Å². The Balaban J connectivity index is 0.000000376. The summed E-state index contributed by atoms with van der Waals surface area (Å²) in [6, 6.07) is 23.6. The van der Waals surface area contributed by atoms with E-state index in [4.69, 9.17) is 39.3 Å². The second kappa shape index (κ2) is 29.9. The van der Waals surface area contributed by atoms with Crippen molar-refractivity contribution in [1.82, 2.24) is 54.8 Å². The molecule has 0 bridgehead atoms. The van der Waals surface area contributed by atoms with Crippen LogP contribution >= 0.6 is 27.0 Å². The Morgan fingerprint density at radius 3 is 1.85 bits per heavy atom. The van der Waals surface area contributed by atoms with E-state index in [1.54, 1.807) is 69.2 Å². The molecule has 1 aliphatic heterocycles. The lowest BCUT2D eigenvalue weighted by molar-refractivity contribution is -0.0383. The van der Waals surface area contributed by atoms with Gasteiger partial charge in [-0.25, -0.2) is 28.2 Å². The number of rotatable bonds is 18. The van der Waals surface area contributed by atoms with Crippen molar-refractivity contribution in [1.29, 1.82) is 0 Å². The Hall–Kier alpha value is -6.93. The van der Waals surface area contributed by atoms with E-state index >= 15 is 4.39 Å². The minimum Gasteiger partial charge on any atom is -0.444 e. The summed E-state index contributed by atoms with van der Waals surface area (Å²) in [5.74, 6) is -0.485. The van der Waals surface area contributed by atoms with Gasteiger partial charge in [0.1, 0.15) is 17.1 Å². The number of aromatic amines is 1. The number of nitrogens with two attached hydrogens (primary N) is 1. The highest BCUT2D eigenvalue weighted by Crippen LogP contribution is 2.37. The third-order valence-electron chi connectivity index (χ3n) is 13.1. The van der Waals surface area contributed by atoms with Crippen LogP contribution < -0.4 is 20.5 Å². The molecule has 0 radical (unpaired) electrons. The largest absolute Gasteiger partial charge is 0.444 e. The van der Waals surface area contributed by atoms with E-state index in [0.29, 0.717) is 54.6 Å². The molecule has 1 fully saturated rings. The number of carbonyl (C=O) groups is 1. The number of benzene rings is 2. The minimum atomic E-state index is -2.06. The number of ether oxygens (including phenoxy) is 4. The Kier molecular flexibility index (Phi) is 24.6. The maximum atomic E-state index is 15.2. The molecule has 5 N–H and O–H groups in total. The number of aliphatic hydroxyl groups is 1. The molecule has 24 heteroatoms. The SMILES string of the molecule is C.C.CC(C)(C)OC(=O)N[C@H](CO[Si](C)(C)C(C)(C)C)Cn1ccc(-c2ccc(Oc3ncc(-c4ccnn4C4CCCCO4)cc3F)cc2)n1.N[C@H](CO)Cn1ccc(-c2ccc(Oc3ncc(-c4ccn[nH]4)cc3F)cc2)n1.S.S. The molecule has 1 unspecified atom stereocenters. The topological polar surface area (TPSA) is 229 Å². The van der Waals surface area contributed by atoms with Crippen LogP contribution in [0.5, 0.6) is 23.3 Å². The molecule has 444 valence electrons. The Morgan fingerprint density at radius 2 is 1.35 bits per heavy atom. The molecule has 2 aromatic carbocycles. The number of pyridine rings is 2. The molecule has 19 nitrogen and oxygen atoms in total. The highest BCUT2D eigenvalue weighted by atomic mass is 32.1. The number of H-pyrrole nitrogens is 1. The number of nitrogens with zero attached hydrogens (tertiary/aromatic N) is 9. The fourth-order valence-corrected chi connectivity index (χ4v) is 8.95. The number of amides is 1. The molecule has 0 saturated carbocycles. The van der Waals surface area contributed by atoms with Gasteiger partial charge in [0.15, 0.2) is 26.2 Å². The molecular weight excluding hydrogens is 1110 g/mol. The van der Waals surface area contributed by atoms with E-state index in [9.17, 15) is 9.18 Å². The van der Waals surface area contributed by atoms with Crippen molar-refractivity contribution in [2.24, 2.45) is 5.73 Å². The number of aromatic nitrogens is 10. The number of alkyl carbamates (subject to hydrolysis) is 1. The van der Waals surface area contributed by atoms with Crippen LogP contribution in [-0.4, -0.2) is 107 Å². The highest BCUT2D eigenvalue weighted by Gasteiger charge is 2.38. The predicted molar refractivity (Wildman–Crippen MR) is 327 cm³/mol. The monoisotopic (exact) mass is 1190 g/mol. The van der Waals surface area contributed by atoms with E-state index in [1.165, 1.54) is 18.3 Å². The quantitative estimate of drug-likeness (QED) is 0.0586. The van der Waals surface area contributed by atoms with Gasteiger partial charge in [-0.1, -0.05) is 35.6 Å². The van der Waals surface area contributed by atoms with Gasteiger partial charge in [0.2, 0.25) is 0 Å². The molecule has 7 heterocycles. The van der Waals surface area contributed by atoms with Crippen LogP contribution in [0.25, 0.3) is 45.0 Å². The summed E-state index contributed by atoms with van der Waals surface area (Å²) in [7, 11) is -2.06. The number of carbonyl (C=O) groups excluding carboxylic acids is 1. The lowest BCUT2D eigenvalue weighted by atomic mass is 10.1. The maximum Gasteiger partial charge on any atom is 0.408 e. The van der Waals surface area contributed by atoms with Crippen molar-refractivity contribution < 1.29 is 42.1 Å². The van der Waals surface area contributed by atoms with E-state index in [-0.39, 0.29) is 83.6 Å². The van der Waals surface area contributed by atoms with Gasteiger partial charge in [-0.2, -0.15) is 47.4 Å². The van der Waals surface area contributed by atoms with E-state index in [0.717, 1.165) is 47.5 Å². The van der Waals surface area contributed by atoms with Crippen molar-refractivity contribution in [2.45, 2.75) is 131 Å². The Labute approximate surface area is 494 Å². The fourth-order valence-electron chi connectivity index (χ4n) is 7.90. The molecule has 0 aliphatic carbocycles. The fraction of sp³-hybridized carbons (Fsp3) is 0.397.